The van der Waals surface area contributed by atoms with Gasteiger partial charge in [-0.3, -0.25) is 4.98 Å². The van der Waals surface area contributed by atoms with E-state index in [0.29, 0.717) is 12.4 Å². The summed E-state index contributed by atoms with van der Waals surface area (Å²) in [5.74, 6) is 0.629. The minimum absolute atomic E-state index is 0.301. The van der Waals surface area contributed by atoms with Crippen molar-refractivity contribution in [3.8, 4) is 5.75 Å². The summed E-state index contributed by atoms with van der Waals surface area (Å²) in [6, 6.07) is 9.98. The van der Waals surface area contributed by atoms with Gasteiger partial charge in [0, 0.05) is 37.9 Å². The van der Waals surface area contributed by atoms with Gasteiger partial charge in [-0.2, -0.15) is 0 Å². The van der Waals surface area contributed by atoms with Gasteiger partial charge in [0.25, 0.3) is 0 Å². The summed E-state index contributed by atoms with van der Waals surface area (Å²) in [4.78, 5) is 19.7. The molecule has 2 fully saturated rings. The van der Waals surface area contributed by atoms with Crippen LogP contribution >= 0.6 is 0 Å². The Hall–Kier alpha value is -3.60. The second-order valence-corrected chi connectivity index (χ2v) is 10.1. The topological polar surface area (TPSA) is 96.1 Å². The Bertz CT molecular complexity index is 1480. The summed E-state index contributed by atoms with van der Waals surface area (Å²) in [6.45, 7) is 6.18. The molecule has 4 atom stereocenters. The predicted molar refractivity (Wildman–Crippen MR) is 139 cm³/mol. The van der Waals surface area contributed by atoms with Crippen molar-refractivity contribution in [3.63, 3.8) is 0 Å². The maximum absolute atomic E-state index is 6.53. The molecule has 3 aromatic heterocycles. The molecule has 192 valence electrons. The fourth-order valence-corrected chi connectivity index (χ4v) is 5.00. The van der Waals surface area contributed by atoms with Crippen LogP contribution in [0.15, 0.2) is 54.0 Å². The van der Waals surface area contributed by atoms with E-state index >= 15 is 0 Å². The van der Waals surface area contributed by atoms with Crippen molar-refractivity contribution in [1.82, 2.24) is 24.4 Å². The van der Waals surface area contributed by atoms with Crippen LogP contribution in [0, 0.1) is 6.92 Å². The summed E-state index contributed by atoms with van der Waals surface area (Å²) >= 11 is 0. The predicted octanol–water partition coefficient (Wildman–Crippen LogP) is 4.01. The van der Waals surface area contributed by atoms with E-state index in [1.165, 1.54) is 6.33 Å². The number of aliphatic imine (C=N–C) groups is 1. The van der Waals surface area contributed by atoms with Gasteiger partial charge in [0.2, 0.25) is 0 Å². The third-order valence-corrected chi connectivity index (χ3v) is 6.60. The average Bonchev–Trinajstić information content (AvgIpc) is 3.52. The lowest BCUT2D eigenvalue weighted by atomic mass is 10.1. The molecule has 10 heteroatoms. The van der Waals surface area contributed by atoms with Crippen LogP contribution in [-0.2, 0) is 14.2 Å². The number of nitrogens with zero attached hydrogens (tertiary/aromatic N) is 6. The van der Waals surface area contributed by atoms with E-state index in [4.69, 9.17) is 18.9 Å². The first-order chi connectivity index (χ1) is 17.8. The van der Waals surface area contributed by atoms with Crippen molar-refractivity contribution >= 4 is 34.1 Å². The largest absolute Gasteiger partial charge is 0.490 e. The normalized spacial score (nSPS) is 24.8. The summed E-state index contributed by atoms with van der Waals surface area (Å²) in [5.41, 5.74) is 2.64. The summed E-state index contributed by atoms with van der Waals surface area (Å²) < 4.78 is 27.4. The van der Waals surface area contributed by atoms with Gasteiger partial charge in [-0.15, -0.1) is 0 Å². The minimum Gasteiger partial charge on any atom is -0.490 e. The molecule has 6 rings (SSSR count). The number of rotatable bonds is 6. The SMILES string of the molecule is Cc1cc2cccnc2cc1OC[C@H]1O[C@@H](n2ccc3c(N=CN(C)C)ncnc32)[C@@H]2OC(C)(C)O[C@@H]21. The van der Waals surface area contributed by atoms with Gasteiger partial charge < -0.3 is 28.4 Å². The number of hydrogen-bond acceptors (Lipinski definition) is 8. The first-order valence-electron chi connectivity index (χ1n) is 12.3. The molecule has 0 N–H and O–H groups in total. The van der Waals surface area contributed by atoms with Crippen molar-refractivity contribution in [2.75, 3.05) is 20.7 Å². The third-order valence-electron chi connectivity index (χ3n) is 6.60. The van der Waals surface area contributed by atoms with Crippen LogP contribution in [0.1, 0.15) is 25.6 Å². The zero-order valence-electron chi connectivity index (χ0n) is 21.5. The first-order valence-corrected chi connectivity index (χ1v) is 12.3. The minimum atomic E-state index is -0.739. The number of aromatic nitrogens is 4. The van der Waals surface area contributed by atoms with Crippen LogP contribution in [0.2, 0.25) is 0 Å². The fourth-order valence-electron chi connectivity index (χ4n) is 5.00. The Balaban J connectivity index is 1.28. The Morgan fingerprint density at radius 3 is 2.81 bits per heavy atom. The highest BCUT2D eigenvalue weighted by Gasteiger charge is 2.56. The highest BCUT2D eigenvalue weighted by atomic mass is 16.8. The zero-order chi connectivity index (χ0) is 25.7. The molecule has 0 unspecified atom stereocenters. The Labute approximate surface area is 214 Å². The standard InChI is InChI=1S/C27H30N6O4/c1-16-11-17-7-6-9-28-19(17)12-20(16)34-13-21-22-23(37-27(2,3)36-22)26(35-21)33-10-8-18-24(31-15-32(4)5)29-14-30-25(18)33/h6-12,14-15,21-23,26H,13H2,1-5H3/t21-,22-,23-,26-/m1/s1. The quantitative estimate of drug-likeness (QED) is 0.288. The van der Waals surface area contributed by atoms with Crippen molar-refractivity contribution in [2.24, 2.45) is 4.99 Å². The lowest BCUT2D eigenvalue weighted by Crippen LogP contribution is -2.34. The molecule has 10 nitrogen and oxygen atoms in total. The molecule has 37 heavy (non-hydrogen) atoms. The highest BCUT2D eigenvalue weighted by Crippen LogP contribution is 2.44. The van der Waals surface area contributed by atoms with E-state index in [0.717, 1.165) is 33.2 Å². The second-order valence-electron chi connectivity index (χ2n) is 10.1. The van der Waals surface area contributed by atoms with Crippen LogP contribution < -0.4 is 4.74 Å². The molecule has 2 aliphatic heterocycles. The number of benzene rings is 1. The number of fused-ring (bicyclic) bond motifs is 3. The monoisotopic (exact) mass is 502 g/mol. The number of aryl methyl sites for hydroxylation is 1. The number of hydrogen-bond donors (Lipinski definition) is 0. The number of ether oxygens (including phenoxy) is 4. The maximum Gasteiger partial charge on any atom is 0.166 e. The zero-order valence-corrected chi connectivity index (χ0v) is 21.5. The summed E-state index contributed by atoms with van der Waals surface area (Å²) in [7, 11) is 3.83. The van der Waals surface area contributed by atoms with Gasteiger partial charge in [-0.25, -0.2) is 15.0 Å². The van der Waals surface area contributed by atoms with E-state index in [1.54, 1.807) is 12.5 Å². The first kappa shape index (κ1) is 23.8. The Kier molecular flexibility index (Phi) is 5.82. The molecule has 0 aliphatic carbocycles. The van der Waals surface area contributed by atoms with Crippen LogP contribution in [0.3, 0.4) is 0 Å². The molecule has 1 aromatic carbocycles. The van der Waals surface area contributed by atoms with Crippen molar-refractivity contribution in [2.45, 2.75) is 51.1 Å². The lowest BCUT2D eigenvalue weighted by Gasteiger charge is -2.25. The van der Waals surface area contributed by atoms with Crippen LogP contribution in [-0.4, -0.2) is 75.6 Å². The molecular weight excluding hydrogens is 472 g/mol. The molecule has 2 aliphatic rings. The number of pyridine rings is 1. The average molecular weight is 503 g/mol. The highest BCUT2D eigenvalue weighted by molar-refractivity contribution is 5.87. The molecule has 0 radical (unpaired) electrons. The van der Waals surface area contributed by atoms with Crippen molar-refractivity contribution in [1.29, 1.82) is 0 Å². The van der Waals surface area contributed by atoms with Gasteiger partial charge in [0.1, 0.15) is 42.6 Å². The van der Waals surface area contributed by atoms with Crippen molar-refractivity contribution in [3.05, 3.63) is 54.6 Å². The maximum atomic E-state index is 6.53. The van der Waals surface area contributed by atoms with Crippen molar-refractivity contribution < 1.29 is 18.9 Å². The fraction of sp³-hybridized carbons (Fsp3) is 0.407. The third kappa shape index (κ3) is 4.41. The lowest BCUT2D eigenvalue weighted by molar-refractivity contribution is -0.198. The molecule has 5 heterocycles. The molecular formula is C27H30N6O4. The van der Waals surface area contributed by atoms with Gasteiger partial charge in [-0.05, 0) is 44.5 Å². The van der Waals surface area contributed by atoms with Gasteiger partial charge >= 0.3 is 0 Å². The van der Waals surface area contributed by atoms with E-state index in [9.17, 15) is 0 Å². The summed E-state index contributed by atoms with van der Waals surface area (Å²) in [6.07, 6.45) is 5.53. The van der Waals surface area contributed by atoms with Crippen LogP contribution in [0.25, 0.3) is 21.9 Å². The molecule has 0 spiro atoms. The van der Waals surface area contributed by atoms with Crippen LogP contribution in [0.4, 0.5) is 5.82 Å². The van der Waals surface area contributed by atoms with Gasteiger partial charge in [0.05, 0.1) is 17.2 Å². The molecule has 0 amide bonds. The second kappa shape index (κ2) is 9.05. The Morgan fingerprint density at radius 2 is 1.97 bits per heavy atom. The smallest absolute Gasteiger partial charge is 0.166 e. The van der Waals surface area contributed by atoms with E-state index in [2.05, 4.69) is 26.0 Å². The van der Waals surface area contributed by atoms with Gasteiger partial charge in [0.15, 0.2) is 17.8 Å². The van der Waals surface area contributed by atoms with E-state index in [1.807, 2.05) is 74.8 Å². The van der Waals surface area contributed by atoms with Crippen LogP contribution in [0.5, 0.6) is 5.75 Å². The Morgan fingerprint density at radius 1 is 1.14 bits per heavy atom. The molecule has 0 saturated carbocycles. The molecule has 4 aromatic rings. The molecule has 2 saturated heterocycles. The van der Waals surface area contributed by atoms with E-state index in [-0.39, 0.29) is 18.3 Å². The molecule has 0 bridgehead atoms. The van der Waals surface area contributed by atoms with E-state index < -0.39 is 12.0 Å². The van der Waals surface area contributed by atoms with Gasteiger partial charge in [-0.1, -0.05) is 6.07 Å². The summed E-state index contributed by atoms with van der Waals surface area (Å²) in [5, 5.41) is 1.91.